The molecule has 0 unspecified atom stereocenters. The van der Waals surface area contributed by atoms with E-state index in [1.165, 1.54) is 0 Å². The number of ketones is 1. The van der Waals surface area contributed by atoms with Crippen LogP contribution in [-0.4, -0.2) is 40.4 Å². The van der Waals surface area contributed by atoms with Gasteiger partial charge in [-0.05, 0) is 39.3 Å². The second-order valence-corrected chi connectivity index (χ2v) is 7.16. The highest BCUT2D eigenvalue weighted by molar-refractivity contribution is 8.00. The Morgan fingerprint density at radius 1 is 1.19 bits per heavy atom. The molecule has 7 nitrogen and oxygen atoms in total. The minimum atomic E-state index is -0.884. The number of anilines is 1. The zero-order chi connectivity index (χ0) is 20.0. The maximum Gasteiger partial charge on any atom is 0.316 e. The number of Topliss-reactive ketones (excluding diaryl/α,β-unsaturated/α-hetero) is 1. The molecule has 1 heterocycles. The first-order valence-corrected chi connectivity index (χ1v) is 9.53. The van der Waals surface area contributed by atoms with Gasteiger partial charge in [0.1, 0.15) is 5.76 Å². The average Bonchev–Trinajstić information content (AvgIpc) is 3.01. The summed E-state index contributed by atoms with van der Waals surface area (Å²) >= 11 is 1.09. The van der Waals surface area contributed by atoms with Crippen molar-refractivity contribution in [3.05, 3.63) is 46.7 Å². The molecule has 0 saturated carbocycles. The molecule has 0 fully saturated rings. The first-order valence-electron chi connectivity index (χ1n) is 8.38. The Labute approximate surface area is 161 Å². The second-order valence-electron chi connectivity index (χ2n) is 6.18. The molecule has 0 radical (unpaired) electrons. The molecule has 1 amide bonds. The van der Waals surface area contributed by atoms with E-state index in [0.29, 0.717) is 17.1 Å². The van der Waals surface area contributed by atoms with Crippen LogP contribution in [0.15, 0.2) is 28.8 Å². The number of hydrogen-bond donors (Lipinski definition) is 1. The molecule has 0 spiro atoms. The number of ether oxygens (including phenoxy) is 1. The van der Waals surface area contributed by atoms with E-state index in [4.69, 9.17) is 9.26 Å². The first kappa shape index (κ1) is 20.7. The molecule has 1 aromatic heterocycles. The quantitative estimate of drug-likeness (QED) is 0.546. The Bertz CT molecular complexity index is 846. The summed E-state index contributed by atoms with van der Waals surface area (Å²) in [5.74, 6) is -0.154. The lowest BCUT2D eigenvalue weighted by Gasteiger charge is -2.14. The van der Waals surface area contributed by atoms with Gasteiger partial charge in [-0.3, -0.25) is 14.4 Å². The van der Waals surface area contributed by atoms with Crippen LogP contribution in [0.3, 0.4) is 0 Å². The number of esters is 1. The number of aryl methyl sites for hydroxylation is 3. The molecule has 0 bridgehead atoms. The molecule has 1 aromatic carbocycles. The van der Waals surface area contributed by atoms with Gasteiger partial charge in [0.05, 0.1) is 11.5 Å². The van der Waals surface area contributed by atoms with Gasteiger partial charge < -0.3 is 14.6 Å². The highest BCUT2D eigenvalue weighted by Crippen LogP contribution is 2.15. The van der Waals surface area contributed by atoms with Crippen LogP contribution in [0.4, 0.5) is 5.82 Å². The van der Waals surface area contributed by atoms with Gasteiger partial charge in [0, 0.05) is 11.6 Å². The lowest BCUT2D eigenvalue weighted by Crippen LogP contribution is -2.26. The van der Waals surface area contributed by atoms with Crippen LogP contribution >= 0.6 is 11.8 Å². The van der Waals surface area contributed by atoms with E-state index in [-0.39, 0.29) is 23.2 Å². The molecule has 8 heteroatoms. The zero-order valence-corrected chi connectivity index (χ0v) is 16.5. The lowest BCUT2D eigenvalue weighted by molar-refractivity contribution is -0.143. The molecule has 144 valence electrons. The van der Waals surface area contributed by atoms with E-state index in [1.807, 2.05) is 26.0 Å². The van der Waals surface area contributed by atoms with Gasteiger partial charge in [0.2, 0.25) is 11.7 Å². The third-order valence-electron chi connectivity index (χ3n) is 3.68. The van der Waals surface area contributed by atoms with Crippen LogP contribution in [0.2, 0.25) is 0 Å². The van der Waals surface area contributed by atoms with E-state index >= 15 is 0 Å². The number of aromatic nitrogens is 1. The van der Waals surface area contributed by atoms with E-state index in [2.05, 4.69) is 10.5 Å². The van der Waals surface area contributed by atoms with E-state index in [0.717, 1.165) is 22.9 Å². The third kappa shape index (κ3) is 6.25. The fourth-order valence-corrected chi connectivity index (χ4v) is 2.93. The number of nitrogens with one attached hydrogen (secondary N) is 1. The second kappa shape index (κ2) is 9.36. The summed E-state index contributed by atoms with van der Waals surface area (Å²) in [4.78, 5) is 36.2. The smallest absolute Gasteiger partial charge is 0.316 e. The predicted molar refractivity (Wildman–Crippen MR) is 103 cm³/mol. The highest BCUT2D eigenvalue weighted by atomic mass is 32.2. The number of hydrogen-bond acceptors (Lipinski definition) is 7. The normalized spacial score (nSPS) is 11.7. The molecule has 0 aliphatic rings. The standard InChI is InChI=1S/C19H22N2O5S/c1-11-5-6-12(2)15(7-11)19(24)14(4)25-18(23)10-27-9-17(22)20-16-8-13(3)26-21-16/h5-8,14H,9-10H2,1-4H3,(H,20,21,22)/t14-/m1/s1. The predicted octanol–water partition coefficient (Wildman–Crippen LogP) is 3.09. The van der Waals surface area contributed by atoms with Gasteiger partial charge >= 0.3 is 5.97 Å². The summed E-state index contributed by atoms with van der Waals surface area (Å²) in [6.45, 7) is 7.00. The zero-order valence-electron chi connectivity index (χ0n) is 15.7. The Balaban J connectivity index is 1.76. The van der Waals surface area contributed by atoms with Gasteiger partial charge in [0.15, 0.2) is 11.9 Å². The summed E-state index contributed by atoms with van der Waals surface area (Å²) < 4.78 is 10.0. The van der Waals surface area contributed by atoms with Crippen molar-refractivity contribution in [2.45, 2.75) is 33.8 Å². The average molecular weight is 390 g/mol. The van der Waals surface area contributed by atoms with Crippen LogP contribution in [0.1, 0.15) is 34.2 Å². The summed E-state index contributed by atoms with van der Waals surface area (Å²) in [5.41, 5.74) is 2.35. The van der Waals surface area contributed by atoms with Gasteiger partial charge in [-0.2, -0.15) is 0 Å². The summed E-state index contributed by atoms with van der Waals surface area (Å²) in [6.07, 6.45) is -0.884. The molecule has 27 heavy (non-hydrogen) atoms. The molecule has 2 rings (SSSR count). The number of benzene rings is 1. The monoisotopic (exact) mass is 390 g/mol. The maximum absolute atomic E-state index is 12.5. The molecule has 2 aromatic rings. The summed E-state index contributed by atoms with van der Waals surface area (Å²) in [6, 6.07) is 7.16. The van der Waals surface area contributed by atoms with Crippen LogP contribution in [0.5, 0.6) is 0 Å². The van der Waals surface area contributed by atoms with Crippen LogP contribution < -0.4 is 5.32 Å². The van der Waals surface area contributed by atoms with Crippen molar-refractivity contribution in [2.24, 2.45) is 0 Å². The number of carbonyl (C=O) groups is 3. The Morgan fingerprint density at radius 3 is 2.59 bits per heavy atom. The van der Waals surface area contributed by atoms with E-state index in [9.17, 15) is 14.4 Å². The van der Waals surface area contributed by atoms with Crippen molar-refractivity contribution >= 4 is 35.2 Å². The van der Waals surface area contributed by atoms with Crippen molar-refractivity contribution in [1.29, 1.82) is 0 Å². The van der Waals surface area contributed by atoms with Gasteiger partial charge in [-0.15, -0.1) is 11.8 Å². The van der Waals surface area contributed by atoms with Crippen LogP contribution in [-0.2, 0) is 14.3 Å². The van der Waals surface area contributed by atoms with Crippen molar-refractivity contribution in [1.82, 2.24) is 5.16 Å². The molecule has 0 aliphatic heterocycles. The summed E-state index contributed by atoms with van der Waals surface area (Å²) in [5, 5.41) is 6.21. The van der Waals surface area contributed by atoms with E-state index in [1.54, 1.807) is 26.0 Å². The molecule has 1 atom stereocenters. The Morgan fingerprint density at radius 2 is 1.93 bits per heavy atom. The number of rotatable bonds is 8. The molecular formula is C19H22N2O5S. The van der Waals surface area contributed by atoms with Gasteiger partial charge in [0.25, 0.3) is 0 Å². The molecular weight excluding hydrogens is 368 g/mol. The van der Waals surface area contributed by atoms with Gasteiger partial charge in [-0.1, -0.05) is 22.9 Å². The van der Waals surface area contributed by atoms with Crippen molar-refractivity contribution in [2.75, 3.05) is 16.8 Å². The number of amides is 1. The number of carbonyl (C=O) groups excluding carboxylic acids is 3. The molecule has 1 N–H and O–H groups in total. The minimum absolute atomic E-state index is 0.0321. The number of thioether (sulfide) groups is 1. The van der Waals surface area contributed by atoms with Crippen molar-refractivity contribution in [3.63, 3.8) is 0 Å². The number of nitrogens with zero attached hydrogens (tertiary/aromatic N) is 1. The van der Waals surface area contributed by atoms with E-state index < -0.39 is 12.1 Å². The largest absolute Gasteiger partial charge is 0.454 e. The fourth-order valence-electron chi connectivity index (χ4n) is 2.34. The fraction of sp³-hybridized carbons (Fsp3) is 0.368. The maximum atomic E-state index is 12.5. The lowest BCUT2D eigenvalue weighted by atomic mass is 9.99. The van der Waals surface area contributed by atoms with Crippen LogP contribution in [0.25, 0.3) is 0 Å². The SMILES string of the molecule is Cc1ccc(C)c(C(=O)[C@@H](C)OC(=O)CSCC(=O)Nc2cc(C)on2)c1. The van der Waals surface area contributed by atoms with Crippen molar-refractivity contribution in [3.8, 4) is 0 Å². The Hall–Kier alpha value is -2.61. The van der Waals surface area contributed by atoms with Crippen LogP contribution in [0, 0.1) is 20.8 Å². The minimum Gasteiger partial charge on any atom is -0.454 e. The first-order chi connectivity index (χ1) is 12.8. The highest BCUT2D eigenvalue weighted by Gasteiger charge is 2.21. The van der Waals surface area contributed by atoms with Gasteiger partial charge in [-0.25, -0.2) is 0 Å². The molecule has 0 aliphatic carbocycles. The Kier molecular flexibility index (Phi) is 7.18. The van der Waals surface area contributed by atoms with Crippen molar-refractivity contribution < 1.29 is 23.6 Å². The topological polar surface area (TPSA) is 98.5 Å². The third-order valence-corrected chi connectivity index (χ3v) is 4.59. The summed E-state index contributed by atoms with van der Waals surface area (Å²) in [7, 11) is 0. The molecule has 0 saturated heterocycles.